The lowest BCUT2D eigenvalue weighted by molar-refractivity contribution is 0.0692. The molecule has 4 heterocycles. The van der Waals surface area contributed by atoms with Gasteiger partial charge in [-0.15, -0.1) is 22.7 Å². The first-order valence-electron chi connectivity index (χ1n) is 9.00. The molecule has 150 valence electrons. The Morgan fingerprint density at radius 2 is 2.14 bits per heavy atom. The molecule has 0 aromatic carbocycles. The first-order valence-corrected chi connectivity index (χ1v) is 11.0. The minimum Gasteiger partial charge on any atom is -0.377 e. The molecule has 0 radical (unpaired) electrons. The van der Waals surface area contributed by atoms with Gasteiger partial charge in [0.1, 0.15) is 0 Å². The molecule has 1 saturated heterocycles. The van der Waals surface area contributed by atoms with E-state index in [-0.39, 0.29) is 24.0 Å². The molecule has 10 heteroatoms. The van der Waals surface area contributed by atoms with E-state index in [1.54, 1.807) is 24.1 Å². The molecule has 2 aliphatic heterocycles. The van der Waals surface area contributed by atoms with Crippen molar-refractivity contribution in [1.82, 2.24) is 20.1 Å². The topological polar surface area (TPSA) is 74.8 Å². The number of amides is 2. The molecule has 0 saturated carbocycles. The minimum atomic E-state index is -0.275. The fraction of sp³-hybridized carbons (Fsp3) is 0.500. The summed E-state index contributed by atoms with van der Waals surface area (Å²) in [5.74, 6) is -0.300. The van der Waals surface area contributed by atoms with Crippen LogP contribution in [0, 0.1) is 0 Å². The van der Waals surface area contributed by atoms with Gasteiger partial charge in [0.25, 0.3) is 11.8 Å². The van der Waals surface area contributed by atoms with Gasteiger partial charge in [0, 0.05) is 44.6 Å². The third-order valence-corrected chi connectivity index (χ3v) is 7.37. The number of methoxy groups -OCH3 is 1. The number of likely N-dealkylation sites (tertiary alicyclic amines) is 1. The first-order chi connectivity index (χ1) is 13.4. The van der Waals surface area contributed by atoms with Crippen molar-refractivity contribution in [2.45, 2.75) is 25.1 Å². The van der Waals surface area contributed by atoms with E-state index in [1.807, 2.05) is 0 Å². The molecular formula is C18H21ClN4O3S2. The smallest absolute Gasteiger partial charge is 0.283 e. The number of likely N-dealkylation sites (N-methyl/N-ethyl adjacent to an activating group) is 1. The van der Waals surface area contributed by atoms with E-state index in [2.05, 4.69) is 22.2 Å². The fourth-order valence-electron chi connectivity index (χ4n) is 3.54. The summed E-state index contributed by atoms with van der Waals surface area (Å²) < 4.78 is 6.09. The molecule has 0 bridgehead atoms. The van der Waals surface area contributed by atoms with Crippen LogP contribution in [0.5, 0.6) is 0 Å². The van der Waals surface area contributed by atoms with Gasteiger partial charge in [0.15, 0.2) is 5.01 Å². The Kier molecular flexibility index (Phi) is 5.71. The average molecular weight is 441 g/mol. The number of thiazole rings is 1. The molecule has 1 N–H and O–H groups in total. The van der Waals surface area contributed by atoms with Gasteiger partial charge < -0.3 is 19.9 Å². The number of halogens is 1. The van der Waals surface area contributed by atoms with E-state index in [9.17, 15) is 9.59 Å². The van der Waals surface area contributed by atoms with Crippen LogP contribution in [0.2, 0.25) is 4.34 Å². The van der Waals surface area contributed by atoms with Crippen molar-refractivity contribution in [3.8, 4) is 0 Å². The highest BCUT2D eigenvalue weighted by molar-refractivity contribution is 7.18. The Bertz CT molecular complexity index is 899. The molecule has 0 spiro atoms. The van der Waals surface area contributed by atoms with Crippen molar-refractivity contribution in [2.24, 2.45) is 0 Å². The summed E-state index contributed by atoms with van der Waals surface area (Å²) in [7, 11) is 3.67. The van der Waals surface area contributed by atoms with Crippen LogP contribution in [0.25, 0.3) is 0 Å². The summed E-state index contributed by atoms with van der Waals surface area (Å²) in [6, 6.07) is 3.11. The molecule has 2 atom stereocenters. The van der Waals surface area contributed by atoms with E-state index in [0.29, 0.717) is 27.3 Å². The zero-order valence-corrected chi connectivity index (χ0v) is 18.0. The molecule has 2 aromatic heterocycles. The molecule has 4 rings (SSSR count). The SMILES string of the molecule is CO[C@H]1CN(C(=O)c2nc3c(s2)CN(C)CC3)C[C@@H]1NC(=O)c1ccc(Cl)s1. The second-order valence-corrected chi connectivity index (χ2v) is 9.84. The highest BCUT2D eigenvalue weighted by Crippen LogP contribution is 2.27. The number of thiophene rings is 1. The van der Waals surface area contributed by atoms with Gasteiger partial charge in [-0.1, -0.05) is 11.6 Å². The van der Waals surface area contributed by atoms with Gasteiger partial charge in [-0.05, 0) is 19.2 Å². The fourth-order valence-corrected chi connectivity index (χ4v) is 5.65. The van der Waals surface area contributed by atoms with Crippen molar-refractivity contribution in [3.05, 3.63) is 36.9 Å². The number of rotatable bonds is 4. The highest BCUT2D eigenvalue weighted by atomic mass is 35.5. The zero-order chi connectivity index (χ0) is 19.8. The summed E-state index contributed by atoms with van der Waals surface area (Å²) in [5, 5.41) is 3.49. The molecule has 2 aromatic rings. The van der Waals surface area contributed by atoms with Gasteiger partial charge in [-0.2, -0.15) is 0 Å². The van der Waals surface area contributed by atoms with Gasteiger partial charge in [0.2, 0.25) is 0 Å². The van der Waals surface area contributed by atoms with E-state index in [0.717, 1.165) is 25.2 Å². The van der Waals surface area contributed by atoms with Crippen LogP contribution in [0.4, 0.5) is 0 Å². The third kappa shape index (κ3) is 3.95. The van der Waals surface area contributed by atoms with Crippen molar-refractivity contribution in [1.29, 1.82) is 0 Å². The first kappa shape index (κ1) is 19.8. The maximum atomic E-state index is 13.0. The second-order valence-electron chi connectivity index (χ2n) is 7.04. The zero-order valence-electron chi connectivity index (χ0n) is 15.6. The Morgan fingerprint density at radius 1 is 1.32 bits per heavy atom. The number of carbonyl (C=O) groups excluding carboxylic acids is 2. The van der Waals surface area contributed by atoms with Crippen LogP contribution in [0.1, 0.15) is 30.0 Å². The Labute approximate surface area is 176 Å². The summed E-state index contributed by atoms with van der Waals surface area (Å²) in [6.45, 7) is 2.62. The van der Waals surface area contributed by atoms with E-state index in [1.165, 1.54) is 27.6 Å². The van der Waals surface area contributed by atoms with E-state index >= 15 is 0 Å². The minimum absolute atomic E-state index is 0.0972. The van der Waals surface area contributed by atoms with Crippen LogP contribution in [0.15, 0.2) is 12.1 Å². The lowest BCUT2D eigenvalue weighted by Gasteiger charge is -2.20. The molecule has 28 heavy (non-hydrogen) atoms. The van der Waals surface area contributed by atoms with Gasteiger partial charge in [-0.3, -0.25) is 9.59 Å². The van der Waals surface area contributed by atoms with Crippen LogP contribution < -0.4 is 5.32 Å². The summed E-state index contributed by atoms with van der Waals surface area (Å²) in [5.41, 5.74) is 1.04. The number of hydrogen-bond acceptors (Lipinski definition) is 7. The second kappa shape index (κ2) is 8.08. The predicted molar refractivity (Wildman–Crippen MR) is 109 cm³/mol. The molecule has 2 amide bonds. The van der Waals surface area contributed by atoms with Crippen LogP contribution in [-0.4, -0.2) is 72.5 Å². The Balaban J connectivity index is 1.44. The number of ether oxygens (including phenoxy) is 1. The van der Waals surface area contributed by atoms with Gasteiger partial charge in [0.05, 0.1) is 27.1 Å². The largest absolute Gasteiger partial charge is 0.377 e. The van der Waals surface area contributed by atoms with Crippen LogP contribution in [0.3, 0.4) is 0 Å². The predicted octanol–water partition coefficient (Wildman–Crippen LogP) is 2.12. The number of fused-ring (bicyclic) bond motifs is 1. The van der Waals surface area contributed by atoms with Gasteiger partial charge >= 0.3 is 0 Å². The number of carbonyl (C=O) groups is 2. The number of aromatic nitrogens is 1. The normalized spacial score (nSPS) is 22.3. The van der Waals surface area contributed by atoms with Gasteiger partial charge in [-0.25, -0.2) is 4.98 Å². The van der Waals surface area contributed by atoms with Crippen molar-refractivity contribution >= 4 is 46.1 Å². The van der Waals surface area contributed by atoms with Crippen LogP contribution >= 0.6 is 34.3 Å². The summed E-state index contributed by atoms with van der Waals surface area (Å²) >= 11 is 8.61. The quantitative estimate of drug-likeness (QED) is 0.788. The Hall–Kier alpha value is -1.52. The molecule has 2 aliphatic rings. The lowest BCUT2D eigenvalue weighted by atomic mass is 10.2. The standard InChI is InChI=1S/C18H21ClN4O3S2/c1-22-6-5-10-14(9-22)28-17(21-10)18(25)23-7-11(12(8-23)26-2)20-16(24)13-3-4-15(19)27-13/h3-4,11-12H,5-9H2,1-2H3,(H,20,24)/t11-,12-/m0/s1. The van der Waals surface area contributed by atoms with Crippen molar-refractivity contribution < 1.29 is 14.3 Å². The summed E-state index contributed by atoms with van der Waals surface area (Å²) in [6.07, 6.45) is 0.613. The highest BCUT2D eigenvalue weighted by Gasteiger charge is 2.38. The molecular weight excluding hydrogens is 420 g/mol. The van der Waals surface area contributed by atoms with Crippen molar-refractivity contribution in [3.63, 3.8) is 0 Å². The van der Waals surface area contributed by atoms with Crippen molar-refractivity contribution in [2.75, 3.05) is 33.8 Å². The monoisotopic (exact) mass is 440 g/mol. The number of nitrogens with one attached hydrogen (secondary N) is 1. The number of nitrogens with zero attached hydrogens (tertiary/aromatic N) is 3. The maximum Gasteiger partial charge on any atom is 0.283 e. The lowest BCUT2D eigenvalue weighted by Crippen LogP contribution is -2.43. The van der Waals surface area contributed by atoms with E-state index in [4.69, 9.17) is 16.3 Å². The molecule has 1 fully saturated rings. The maximum absolute atomic E-state index is 13.0. The Morgan fingerprint density at radius 3 is 2.86 bits per heavy atom. The third-order valence-electron chi connectivity index (χ3n) is 5.07. The van der Waals surface area contributed by atoms with Crippen LogP contribution in [-0.2, 0) is 17.7 Å². The molecule has 0 unspecified atom stereocenters. The molecule has 0 aliphatic carbocycles. The number of hydrogen-bond donors (Lipinski definition) is 1. The average Bonchev–Trinajstić information content (AvgIpc) is 3.38. The summed E-state index contributed by atoms with van der Waals surface area (Å²) in [4.78, 5) is 35.7. The van der Waals surface area contributed by atoms with E-state index < -0.39 is 0 Å². The molecule has 7 nitrogen and oxygen atoms in total.